The van der Waals surface area contributed by atoms with Crippen LogP contribution in [0.2, 0.25) is 10.0 Å². The minimum atomic E-state index is -4.40. The van der Waals surface area contributed by atoms with Crippen LogP contribution in [-0.2, 0) is 6.18 Å². The van der Waals surface area contributed by atoms with Crippen LogP contribution in [-0.4, -0.2) is 4.98 Å². The molecule has 2 aromatic rings. The molecule has 1 heterocycles. The Morgan fingerprint density at radius 1 is 1.00 bits per heavy atom. The Hall–Kier alpha value is -1.26. The summed E-state index contributed by atoms with van der Waals surface area (Å²) < 4.78 is 37.1. The van der Waals surface area contributed by atoms with Crippen LogP contribution in [0.4, 0.5) is 13.2 Å². The van der Waals surface area contributed by atoms with Crippen molar-refractivity contribution in [3.63, 3.8) is 0 Å². The fourth-order valence-electron chi connectivity index (χ4n) is 1.42. The molecule has 0 atom stereocenters. The molecule has 0 aliphatic rings. The van der Waals surface area contributed by atoms with Crippen molar-refractivity contribution in [3.8, 4) is 11.3 Å². The monoisotopic (exact) mass is 291 g/mol. The first kappa shape index (κ1) is 13.2. The number of benzene rings is 1. The summed E-state index contributed by atoms with van der Waals surface area (Å²) in [6, 6.07) is 7.12. The molecule has 0 fully saturated rings. The van der Waals surface area contributed by atoms with Gasteiger partial charge in [0.1, 0.15) is 0 Å². The van der Waals surface area contributed by atoms with Crippen molar-refractivity contribution in [2.75, 3.05) is 0 Å². The number of pyridine rings is 1. The van der Waals surface area contributed by atoms with Gasteiger partial charge in [-0.2, -0.15) is 13.2 Å². The van der Waals surface area contributed by atoms with E-state index < -0.39 is 11.7 Å². The maximum absolute atomic E-state index is 12.4. The average molecular weight is 292 g/mol. The lowest BCUT2D eigenvalue weighted by Gasteiger charge is -2.08. The van der Waals surface area contributed by atoms with E-state index in [1.807, 2.05) is 0 Å². The molecule has 2 rings (SSSR count). The van der Waals surface area contributed by atoms with E-state index in [1.54, 1.807) is 18.2 Å². The zero-order chi connectivity index (χ0) is 13.3. The van der Waals surface area contributed by atoms with Gasteiger partial charge in [0.25, 0.3) is 0 Å². The molecular formula is C12H6Cl2F3N. The Kier molecular flexibility index (Phi) is 3.50. The van der Waals surface area contributed by atoms with Crippen molar-refractivity contribution in [1.82, 2.24) is 4.98 Å². The first-order valence-electron chi connectivity index (χ1n) is 4.87. The molecule has 0 radical (unpaired) electrons. The predicted octanol–water partition coefficient (Wildman–Crippen LogP) is 5.07. The molecular weight excluding hydrogens is 286 g/mol. The van der Waals surface area contributed by atoms with Gasteiger partial charge in [0.15, 0.2) is 0 Å². The van der Waals surface area contributed by atoms with Gasteiger partial charge >= 0.3 is 6.18 Å². The van der Waals surface area contributed by atoms with Crippen molar-refractivity contribution < 1.29 is 13.2 Å². The Bertz CT molecular complexity index is 565. The highest BCUT2D eigenvalue weighted by Gasteiger charge is 2.30. The van der Waals surface area contributed by atoms with Crippen molar-refractivity contribution in [1.29, 1.82) is 0 Å². The maximum atomic E-state index is 12.4. The molecule has 0 amide bonds. The number of hydrogen-bond donors (Lipinski definition) is 0. The summed E-state index contributed by atoms with van der Waals surface area (Å²) in [6.07, 6.45) is -3.63. The summed E-state index contributed by atoms with van der Waals surface area (Å²) >= 11 is 11.8. The summed E-state index contributed by atoms with van der Waals surface area (Å²) in [5.74, 6) is 0. The largest absolute Gasteiger partial charge is 0.417 e. The van der Waals surface area contributed by atoms with Gasteiger partial charge in [-0.05, 0) is 18.2 Å². The van der Waals surface area contributed by atoms with Gasteiger partial charge in [0.2, 0.25) is 0 Å². The number of alkyl halides is 3. The van der Waals surface area contributed by atoms with Crippen LogP contribution in [0.1, 0.15) is 5.56 Å². The Balaban J connectivity index is 2.44. The summed E-state index contributed by atoms with van der Waals surface area (Å²) in [5, 5.41) is 0.599. The van der Waals surface area contributed by atoms with Crippen molar-refractivity contribution in [2.45, 2.75) is 6.18 Å². The van der Waals surface area contributed by atoms with Crippen molar-refractivity contribution in [3.05, 3.63) is 52.1 Å². The van der Waals surface area contributed by atoms with E-state index in [0.29, 0.717) is 16.3 Å². The van der Waals surface area contributed by atoms with Crippen LogP contribution < -0.4 is 0 Å². The molecule has 0 saturated carbocycles. The van der Waals surface area contributed by atoms with E-state index in [-0.39, 0.29) is 5.02 Å². The molecule has 6 heteroatoms. The van der Waals surface area contributed by atoms with Gasteiger partial charge in [0, 0.05) is 11.8 Å². The number of hydrogen-bond acceptors (Lipinski definition) is 1. The Labute approximate surface area is 111 Å². The molecule has 1 nitrogen and oxygen atoms in total. The second kappa shape index (κ2) is 4.78. The highest BCUT2D eigenvalue weighted by molar-refractivity contribution is 6.43. The second-order valence-corrected chi connectivity index (χ2v) is 4.32. The molecule has 0 spiro atoms. The standard InChI is InChI=1S/C12H6Cl2F3N/c13-9-3-1-2-8(11(9)14)10-5-4-7(6-18-10)12(15,16)17/h1-6H. The molecule has 0 N–H and O–H groups in total. The number of rotatable bonds is 1. The van der Waals surface area contributed by atoms with E-state index in [1.165, 1.54) is 6.07 Å². The highest BCUT2D eigenvalue weighted by Crippen LogP contribution is 2.34. The van der Waals surface area contributed by atoms with Crippen LogP contribution in [0.25, 0.3) is 11.3 Å². The quantitative estimate of drug-likeness (QED) is 0.714. The zero-order valence-electron chi connectivity index (χ0n) is 8.80. The molecule has 94 valence electrons. The molecule has 0 saturated heterocycles. The molecule has 0 bridgehead atoms. The zero-order valence-corrected chi connectivity index (χ0v) is 10.3. The predicted molar refractivity (Wildman–Crippen MR) is 64.7 cm³/mol. The van der Waals surface area contributed by atoms with Crippen LogP contribution in [0.15, 0.2) is 36.5 Å². The minimum absolute atomic E-state index is 0.270. The van der Waals surface area contributed by atoms with E-state index in [2.05, 4.69) is 4.98 Å². The molecule has 18 heavy (non-hydrogen) atoms. The van der Waals surface area contributed by atoms with E-state index in [0.717, 1.165) is 12.3 Å². The molecule has 1 aromatic carbocycles. The Morgan fingerprint density at radius 2 is 1.72 bits per heavy atom. The van der Waals surface area contributed by atoms with Gasteiger partial charge < -0.3 is 0 Å². The topological polar surface area (TPSA) is 12.9 Å². The Morgan fingerprint density at radius 3 is 2.28 bits per heavy atom. The number of halogens is 5. The van der Waals surface area contributed by atoms with E-state index in [4.69, 9.17) is 23.2 Å². The fourth-order valence-corrected chi connectivity index (χ4v) is 1.82. The first-order valence-corrected chi connectivity index (χ1v) is 5.63. The van der Waals surface area contributed by atoms with Crippen LogP contribution in [0.3, 0.4) is 0 Å². The van der Waals surface area contributed by atoms with Crippen LogP contribution in [0, 0.1) is 0 Å². The summed E-state index contributed by atoms with van der Waals surface area (Å²) in [6.45, 7) is 0. The van der Waals surface area contributed by atoms with Gasteiger partial charge in [-0.1, -0.05) is 35.3 Å². The normalized spacial score (nSPS) is 11.6. The summed E-state index contributed by atoms with van der Waals surface area (Å²) in [4.78, 5) is 3.75. The molecule has 0 aliphatic carbocycles. The second-order valence-electron chi connectivity index (χ2n) is 3.53. The van der Waals surface area contributed by atoms with Gasteiger partial charge in [-0.3, -0.25) is 4.98 Å². The van der Waals surface area contributed by atoms with Crippen molar-refractivity contribution in [2.24, 2.45) is 0 Å². The van der Waals surface area contributed by atoms with Gasteiger partial charge in [-0.15, -0.1) is 0 Å². The fraction of sp³-hybridized carbons (Fsp3) is 0.0833. The summed E-state index contributed by atoms with van der Waals surface area (Å²) in [7, 11) is 0. The van der Waals surface area contributed by atoms with Crippen LogP contribution in [0.5, 0.6) is 0 Å². The third-order valence-electron chi connectivity index (χ3n) is 2.32. The lowest BCUT2D eigenvalue weighted by Crippen LogP contribution is -2.05. The smallest absolute Gasteiger partial charge is 0.256 e. The van der Waals surface area contributed by atoms with Crippen molar-refractivity contribution >= 4 is 23.2 Å². The average Bonchev–Trinajstić information content (AvgIpc) is 2.32. The summed E-state index contributed by atoms with van der Waals surface area (Å²) in [5.41, 5.74) is 0.0396. The molecule has 1 aromatic heterocycles. The third-order valence-corrected chi connectivity index (χ3v) is 3.14. The van der Waals surface area contributed by atoms with Gasteiger partial charge in [-0.25, -0.2) is 0 Å². The van der Waals surface area contributed by atoms with E-state index in [9.17, 15) is 13.2 Å². The third kappa shape index (κ3) is 2.60. The molecule has 0 aliphatic heterocycles. The van der Waals surface area contributed by atoms with E-state index >= 15 is 0 Å². The van der Waals surface area contributed by atoms with Gasteiger partial charge in [0.05, 0.1) is 21.3 Å². The number of nitrogens with zero attached hydrogens (tertiary/aromatic N) is 1. The minimum Gasteiger partial charge on any atom is -0.256 e. The molecule has 0 unspecified atom stereocenters. The lowest BCUT2D eigenvalue weighted by atomic mass is 10.1. The first-order chi connectivity index (χ1) is 8.39. The maximum Gasteiger partial charge on any atom is 0.417 e. The lowest BCUT2D eigenvalue weighted by molar-refractivity contribution is -0.137. The SMILES string of the molecule is FC(F)(F)c1ccc(-c2cccc(Cl)c2Cl)nc1. The highest BCUT2D eigenvalue weighted by atomic mass is 35.5. The van der Waals surface area contributed by atoms with Crippen LogP contribution >= 0.6 is 23.2 Å². The number of aromatic nitrogens is 1.